The minimum absolute atomic E-state index is 0.110. The molecular formula is C13H18N2O4. The van der Waals surface area contributed by atoms with E-state index in [1.54, 1.807) is 17.0 Å². The Hall–Kier alpha value is -1.85. The van der Waals surface area contributed by atoms with Crippen LogP contribution < -0.4 is 5.69 Å². The van der Waals surface area contributed by atoms with Crippen LogP contribution in [0.15, 0.2) is 17.2 Å². The van der Waals surface area contributed by atoms with Gasteiger partial charge < -0.3 is 4.74 Å². The number of rotatable bonds is 5. The molecule has 6 nitrogen and oxygen atoms in total. The van der Waals surface area contributed by atoms with E-state index in [1.165, 1.54) is 25.5 Å². The van der Waals surface area contributed by atoms with Gasteiger partial charge in [-0.1, -0.05) is 0 Å². The maximum absolute atomic E-state index is 12.1. The number of esters is 1. The SMILES string of the molecule is COC(=O)C(C)(C)C(=O)Cn1ccn(C2CC2)c1=O. The fourth-order valence-corrected chi connectivity index (χ4v) is 1.90. The van der Waals surface area contributed by atoms with Gasteiger partial charge in [-0.25, -0.2) is 4.79 Å². The highest BCUT2D eigenvalue weighted by molar-refractivity contribution is 6.02. The molecule has 1 aromatic heterocycles. The van der Waals surface area contributed by atoms with Crippen molar-refractivity contribution in [1.29, 1.82) is 0 Å². The van der Waals surface area contributed by atoms with Crippen LogP contribution in [0.5, 0.6) is 0 Å². The summed E-state index contributed by atoms with van der Waals surface area (Å²) in [5.41, 5.74) is -1.44. The second kappa shape index (κ2) is 4.68. The number of carbonyl (C=O) groups is 2. The first-order valence-electron chi connectivity index (χ1n) is 6.27. The molecular weight excluding hydrogens is 248 g/mol. The predicted octanol–water partition coefficient (Wildman–Crippen LogP) is 0.753. The monoisotopic (exact) mass is 266 g/mol. The first kappa shape index (κ1) is 13.6. The maximum atomic E-state index is 12.1. The molecule has 6 heteroatoms. The Balaban J connectivity index is 2.15. The topological polar surface area (TPSA) is 70.3 Å². The van der Waals surface area contributed by atoms with Crippen LogP contribution in [0.3, 0.4) is 0 Å². The Morgan fingerprint density at radius 3 is 2.53 bits per heavy atom. The van der Waals surface area contributed by atoms with E-state index in [0.29, 0.717) is 0 Å². The average molecular weight is 266 g/mol. The van der Waals surface area contributed by atoms with Crippen LogP contribution in [0, 0.1) is 5.41 Å². The van der Waals surface area contributed by atoms with Gasteiger partial charge in [0, 0.05) is 18.4 Å². The quantitative estimate of drug-likeness (QED) is 0.582. The minimum atomic E-state index is -1.24. The van der Waals surface area contributed by atoms with Crippen molar-refractivity contribution in [1.82, 2.24) is 9.13 Å². The molecule has 1 aliphatic carbocycles. The summed E-state index contributed by atoms with van der Waals surface area (Å²) >= 11 is 0. The number of methoxy groups -OCH3 is 1. The molecule has 0 unspecified atom stereocenters. The number of aromatic nitrogens is 2. The summed E-state index contributed by atoms with van der Waals surface area (Å²) in [6, 6.07) is 0.275. The molecule has 1 fully saturated rings. The molecule has 0 saturated heterocycles. The van der Waals surface area contributed by atoms with Gasteiger partial charge in [-0.15, -0.1) is 0 Å². The van der Waals surface area contributed by atoms with Crippen molar-refractivity contribution < 1.29 is 14.3 Å². The molecule has 0 atom stereocenters. The number of hydrogen-bond donors (Lipinski definition) is 0. The van der Waals surface area contributed by atoms with Gasteiger partial charge in [0.1, 0.15) is 5.41 Å². The third-order valence-corrected chi connectivity index (χ3v) is 3.52. The fraction of sp³-hybridized carbons (Fsp3) is 0.615. The Morgan fingerprint density at radius 2 is 2.00 bits per heavy atom. The molecule has 1 heterocycles. The van der Waals surface area contributed by atoms with Gasteiger partial charge in [0.05, 0.1) is 13.7 Å². The average Bonchev–Trinajstić information content (AvgIpc) is 3.15. The van der Waals surface area contributed by atoms with Crippen molar-refractivity contribution >= 4 is 11.8 Å². The molecule has 104 valence electrons. The van der Waals surface area contributed by atoms with Gasteiger partial charge in [0.25, 0.3) is 0 Å². The Labute approximate surface area is 111 Å². The zero-order chi connectivity index (χ0) is 14.2. The summed E-state index contributed by atoms with van der Waals surface area (Å²) in [6.45, 7) is 2.90. The second-order valence-corrected chi connectivity index (χ2v) is 5.39. The number of nitrogens with zero attached hydrogens (tertiary/aromatic N) is 2. The smallest absolute Gasteiger partial charge is 0.328 e. The highest BCUT2D eigenvalue weighted by atomic mass is 16.5. The third-order valence-electron chi connectivity index (χ3n) is 3.52. The summed E-state index contributed by atoms with van der Waals surface area (Å²) in [7, 11) is 1.24. The molecule has 0 aliphatic heterocycles. The third kappa shape index (κ3) is 2.47. The highest BCUT2D eigenvalue weighted by Gasteiger charge is 2.37. The molecule has 0 amide bonds. The summed E-state index contributed by atoms with van der Waals surface area (Å²) < 4.78 is 7.58. The number of hydrogen-bond acceptors (Lipinski definition) is 4. The van der Waals surface area contributed by atoms with Crippen molar-refractivity contribution in [3.8, 4) is 0 Å². The van der Waals surface area contributed by atoms with E-state index < -0.39 is 11.4 Å². The summed E-state index contributed by atoms with van der Waals surface area (Å²) in [4.78, 5) is 35.7. The largest absolute Gasteiger partial charge is 0.468 e. The highest BCUT2D eigenvalue weighted by Crippen LogP contribution is 2.33. The lowest BCUT2D eigenvalue weighted by atomic mass is 9.88. The fourth-order valence-electron chi connectivity index (χ4n) is 1.90. The lowest BCUT2D eigenvalue weighted by Gasteiger charge is -2.19. The number of carbonyl (C=O) groups excluding carboxylic acids is 2. The second-order valence-electron chi connectivity index (χ2n) is 5.39. The van der Waals surface area contributed by atoms with Crippen molar-refractivity contribution in [2.45, 2.75) is 39.3 Å². The lowest BCUT2D eigenvalue weighted by molar-refractivity contribution is -0.155. The molecule has 2 rings (SSSR count). The van der Waals surface area contributed by atoms with Gasteiger partial charge in [-0.05, 0) is 26.7 Å². The summed E-state index contributed by atoms with van der Waals surface area (Å²) in [6.07, 6.45) is 5.29. The number of imidazole rings is 1. The van der Waals surface area contributed by atoms with E-state index in [4.69, 9.17) is 0 Å². The van der Waals surface area contributed by atoms with Gasteiger partial charge >= 0.3 is 11.7 Å². The van der Waals surface area contributed by atoms with Crippen LogP contribution >= 0.6 is 0 Å². The molecule has 1 aliphatic rings. The van der Waals surface area contributed by atoms with Crippen molar-refractivity contribution in [2.24, 2.45) is 5.41 Å². The van der Waals surface area contributed by atoms with Crippen molar-refractivity contribution in [3.63, 3.8) is 0 Å². The van der Waals surface area contributed by atoms with E-state index in [0.717, 1.165) is 12.8 Å². The predicted molar refractivity (Wildman–Crippen MR) is 67.8 cm³/mol. The van der Waals surface area contributed by atoms with E-state index in [1.807, 2.05) is 0 Å². The van der Waals surface area contributed by atoms with Gasteiger partial charge in [0.2, 0.25) is 0 Å². The Kier molecular flexibility index (Phi) is 3.34. The number of Topliss-reactive ketones (excluding diaryl/α,β-unsaturated/α-hetero) is 1. The number of ketones is 1. The van der Waals surface area contributed by atoms with E-state index in [-0.39, 0.29) is 24.1 Å². The van der Waals surface area contributed by atoms with Crippen LogP contribution in [-0.2, 0) is 20.9 Å². The first-order chi connectivity index (χ1) is 8.87. The maximum Gasteiger partial charge on any atom is 0.328 e. The number of ether oxygens (including phenoxy) is 1. The van der Waals surface area contributed by atoms with Gasteiger partial charge in [-0.3, -0.25) is 18.7 Å². The van der Waals surface area contributed by atoms with Crippen LogP contribution in [0.25, 0.3) is 0 Å². The summed E-state index contributed by atoms with van der Waals surface area (Å²) in [5, 5.41) is 0. The van der Waals surface area contributed by atoms with E-state index in [2.05, 4.69) is 4.74 Å². The van der Waals surface area contributed by atoms with Crippen LogP contribution in [0.1, 0.15) is 32.7 Å². The standard InChI is InChI=1S/C13H18N2O4/c1-13(2,11(17)19-3)10(16)8-14-6-7-15(12(14)18)9-4-5-9/h6-7,9H,4-5,8H2,1-3H3. The normalized spacial score (nSPS) is 15.3. The molecule has 1 saturated carbocycles. The zero-order valence-electron chi connectivity index (χ0n) is 11.4. The van der Waals surface area contributed by atoms with Crippen molar-refractivity contribution in [2.75, 3.05) is 7.11 Å². The molecule has 0 aromatic carbocycles. The zero-order valence-corrected chi connectivity index (χ0v) is 11.4. The van der Waals surface area contributed by atoms with Crippen LogP contribution in [-0.4, -0.2) is 28.0 Å². The molecule has 0 bridgehead atoms. The molecule has 0 spiro atoms. The Bertz CT molecular complexity index is 563. The van der Waals surface area contributed by atoms with Gasteiger partial charge in [-0.2, -0.15) is 0 Å². The molecule has 19 heavy (non-hydrogen) atoms. The first-order valence-corrected chi connectivity index (χ1v) is 6.27. The van der Waals surface area contributed by atoms with Crippen molar-refractivity contribution in [3.05, 3.63) is 22.9 Å². The van der Waals surface area contributed by atoms with Gasteiger partial charge in [0.15, 0.2) is 5.78 Å². The Morgan fingerprint density at radius 1 is 1.37 bits per heavy atom. The van der Waals surface area contributed by atoms with E-state index in [9.17, 15) is 14.4 Å². The van der Waals surface area contributed by atoms with Crippen LogP contribution in [0.2, 0.25) is 0 Å². The molecule has 0 radical (unpaired) electrons. The summed E-state index contributed by atoms with van der Waals surface area (Å²) in [5.74, 6) is -0.929. The molecule has 1 aromatic rings. The molecule has 0 N–H and O–H groups in total. The minimum Gasteiger partial charge on any atom is -0.468 e. The van der Waals surface area contributed by atoms with E-state index >= 15 is 0 Å². The lowest BCUT2D eigenvalue weighted by Crippen LogP contribution is -2.38. The van der Waals surface area contributed by atoms with Crippen LogP contribution in [0.4, 0.5) is 0 Å².